The summed E-state index contributed by atoms with van der Waals surface area (Å²) >= 11 is 0. The number of rotatable bonds is 6. The van der Waals surface area contributed by atoms with Gasteiger partial charge in [-0.3, -0.25) is 14.4 Å². The number of nitrogens with one attached hydrogen (secondary N) is 1. The molecule has 0 aliphatic rings. The number of benzene rings is 2. The highest BCUT2D eigenvalue weighted by Crippen LogP contribution is 2.25. The molecule has 2 aromatic carbocycles. The van der Waals surface area contributed by atoms with E-state index in [1.165, 1.54) is 0 Å². The van der Waals surface area contributed by atoms with Gasteiger partial charge in [-0.1, -0.05) is 24.3 Å². The molecule has 0 bridgehead atoms. The van der Waals surface area contributed by atoms with Gasteiger partial charge in [0.2, 0.25) is 17.7 Å². The number of hydrogen-bond donors (Lipinski definition) is 3. The molecule has 0 saturated carbocycles. The van der Waals surface area contributed by atoms with Gasteiger partial charge in [0.1, 0.15) is 5.75 Å². The van der Waals surface area contributed by atoms with Crippen LogP contribution < -0.4 is 21.5 Å². The SMILES string of the molecule is COc1ccc2cc([C@@H](C)C(=O)NC(C(N)=O)C(N)=O)ccc2c1. The molecule has 0 aliphatic heterocycles. The minimum atomic E-state index is -1.52. The summed E-state index contributed by atoms with van der Waals surface area (Å²) in [4.78, 5) is 34.6. The third-order valence-electron chi connectivity index (χ3n) is 3.82. The highest BCUT2D eigenvalue weighted by molar-refractivity contribution is 6.06. The molecule has 0 radical (unpaired) electrons. The molecule has 0 heterocycles. The minimum absolute atomic E-state index is 0.509. The van der Waals surface area contributed by atoms with Crippen LogP contribution in [0, 0.1) is 0 Å². The summed E-state index contributed by atoms with van der Waals surface area (Å²) < 4.78 is 5.18. The minimum Gasteiger partial charge on any atom is -0.497 e. The number of amides is 3. The number of fused-ring (bicyclic) bond motifs is 1. The molecule has 3 amide bonds. The van der Waals surface area contributed by atoms with E-state index < -0.39 is 29.7 Å². The Hall–Kier alpha value is -3.09. The van der Waals surface area contributed by atoms with Crippen molar-refractivity contribution >= 4 is 28.5 Å². The molecule has 24 heavy (non-hydrogen) atoms. The van der Waals surface area contributed by atoms with Crippen molar-refractivity contribution in [2.75, 3.05) is 7.11 Å². The van der Waals surface area contributed by atoms with Gasteiger partial charge in [-0.2, -0.15) is 0 Å². The summed E-state index contributed by atoms with van der Waals surface area (Å²) in [5.41, 5.74) is 10.9. The third-order valence-corrected chi connectivity index (χ3v) is 3.82. The summed E-state index contributed by atoms with van der Waals surface area (Å²) in [5, 5.41) is 4.18. The van der Waals surface area contributed by atoms with E-state index in [1.54, 1.807) is 20.1 Å². The van der Waals surface area contributed by atoms with Gasteiger partial charge in [0, 0.05) is 0 Å². The number of methoxy groups -OCH3 is 1. The predicted octanol–water partition coefficient (Wildman–Crippen LogP) is 0.407. The van der Waals surface area contributed by atoms with Crippen LogP contribution >= 0.6 is 0 Å². The number of nitrogens with two attached hydrogens (primary N) is 2. The molecule has 7 heteroatoms. The first-order chi connectivity index (χ1) is 11.3. The first-order valence-corrected chi connectivity index (χ1v) is 7.30. The Morgan fingerprint density at radius 3 is 2.17 bits per heavy atom. The summed E-state index contributed by atoms with van der Waals surface area (Å²) in [6, 6.07) is 9.62. The molecular formula is C17H19N3O4. The first kappa shape index (κ1) is 17.3. The van der Waals surface area contributed by atoms with Crippen LogP contribution in [0.3, 0.4) is 0 Å². The Morgan fingerprint density at radius 2 is 1.58 bits per heavy atom. The second kappa shape index (κ2) is 6.99. The van der Waals surface area contributed by atoms with E-state index in [1.807, 2.05) is 30.3 Å². The van der Waals surface area contributed by atoms with Crippen molar-refractivity contribution < 1.29 is 19.1 Å². The van der Waals surface area contributed by atoms with E-state index in [0.29, 0.717) is 0 Å². The summed E-state index contributed by atoms with van der Waals surface area (Å²) in [7, 11) is 1.59. The van der Waals surface area contributed by atoms with Gasteiger partial charge in [-0.05, 0) is 35.4 Å². The molecule has 0 aromatic heterocycles. The van der Waals surface area contributed by atoms with Gasteiger partial charge >= 0.3 is 0 Å². The van der Waals surface area contributed by atoms with E-state index >= 15 is 0 Å². The van der Waals surface area contributed by atoms with Crippen LogP contribution in [0.2, 0.25) is 0 Å². The largest absolute Gasteiger partial charge is 0.497 e. The molecular weight excluding hydrogens is 310 g/mol. The smallest absolute Gasteiger partial charge is 0.249 e. The Balaban J connectivity index is 2.23. The van der Waals surface area contributed by atoms with Crippen molar-refractivity contribution in [1.82, 2.24) is 5.32 Å². The maximum Gasteiger partial charge on any atom is 0.249 e. The summed E-state index contributed by atoms with van der Waals surface area (Å²) in [5.74, 6) is -2.34. The van der Waals surface area contributed by atoms with Crippen molar-refractivity contribution in [3.8, 4) is 5.75 Å². The topological polar surface area (TPSA) is 125 Å². The van der Waals surface area contributed by atoms with Gasteiger partial charge in [0.25, 0.3) is 0 Å². The second-order valence-electron chi connectivity index (χ2n) is 5.44. The lowest BCUT2D eigenvalue weighted by molar-refractivity contribution is -0.134. The molecule has 5 N–H and O–H groups in total. The average Bonchev–Trinajstić information content (AvgIpc) is 2.57. The van der Waals surface area contributed by atoms with E-state index in [0.717, 1.165) is 22.1 Å². The van der Waals surface area contributed by atoms with Crippen LogP contribution in [0.1, 0.15) is 18.4 Å². The number of carbonyl (C=O) groups is 3. The highest BCUT2D eigenvalue weighted by Gasteiger charge is 2.26. The molecule has 0 saturated heterocycles. The second-order valence-corrected chi connectivity index (χ2v) is 5.44. The van der Waals surface area contributed by atoms with E-state index in [9.17, 15) is 14.4 Å². The quantitative estimate of drug-likeness (QED) is 0.664. The fourth-order valence-electron chi connectivity index (χ4n) is 2.34. The lowest BCUT2D eigenvalue weighted by Crippen LogP contribution is -2.53. The van der Waals surface area contributed by atoms with Crippen molar-refractivity contribution in [3.63, 3.8) is 0 Å². The Labute approximate surface area is 138 Å². The standard InChI is InChI=1S/C17H19N3O4/c1-9(17(23)20-14(15(18)21)16(19)22)10-3-4-12-8-13(24-2)6-5-11(12)7-10/h3-9,14H,1-2H3,(H2,18,21)(H2,19,22)(H,20,23)/t9-/m1/s1. The molecule has 0 aliphatic carbocycles. The van der Waals surface area contributed by atoms with Crippen LogP contribution in [-0.2, 0) is 14.4 Å². The van der Waals surface area contributed by atoms with E-state index in [2.05, 4.69) is 5.32 Å². The Kier molecular flexibility index (Phi) is 5.03. The van der Waals surface area contributed by atoms with Crippen molar-refractivity contribution in [3.05, 3.63) is 42.0 Å². The number of carbonyl (C=O) groups excluding carboxylic acids is 3. The normalized spacial score (nSPS) is 12.0. The lowest BCUT2D eigenvalue weighted by Gasteiger charge is -2.17. The number of hydrogen-bond acceptors (Lipinski definition) is 4. The summed E-state index contributed by atoms with van der Waals surface area (Å²) in [6.45, 7) is 1.67. The van der Waals surface area contributed by atoms with Gasteiger partial charge in [0.15, 0.2) is 6.04 Å². The molecule has 0 fully saturated rings. The van der Waals surface area contributed by atoms with Crippen molar-refractivity contribution in [2.24, 2.45) is 11.5 Å². The molecule has 2 aromatic rings. The highest BCUT2D eigenvalue weighted by atomic mass is 16.5. The molecule has 126 valence electrons. The van der Waals surface area contributed by atoms with Crippen molar-refractivity contribution in [1.29, 1.82) is 0 Å². The molecule has 7 nitrogen and oxygen atoms in total. The van der Waals surface area contributed by atoms with Crippen LogP contribution in [0.5, 0.6) is 5.75 Å². The van der Waals surface area contributed by atoms with E-state index in [4.69, 9.17) is 16.2 Å². The third kappa shape index (κ3) is 3.62. The zero-order valence-electron chi connectivity index (χ0n) is 13.4. The predicted molar refractivity (Wildman–Crippen MR) is 89.2 cm³/mol. The first-order valence-electron chi connectivity index (χ1n) is 7.30. The lowest BCUT2D eigenvalue weighted by atomic mass is 9.96. The van der Waals surface area contributed by atoms with Crippen LogP contribution in [0.4, 0.5) is 0 Å². The molecule has 0 spiro atoms. The zero-order chi connectivity index (χ0) is 17.9. The molecule has 1 atom stereocenters. The van der Waals surface area contributed by atoms with Gasteiger partial charge < -0.3 is 21.5 Å². The van der Waals surface area contributed by atoms with E-state index in [-0.39, 0.29) is 0 Å². The Bertz CT molecular complexity index is 790. The summed E-state index contributed by atoms with van der Waals surface area (Å²) in [6.07, 6.45) is 0. The van der Waals surface area contributed by atoms with Crippen molar-refractivity contribution in [2.45, 2.75) is 18.9 Å². The maximum absolute atomic E-state index is 12.3. The van der Waals surface area contributed by atoms with Gasteiger partial charge in [-0.25, -0.2) is 0 Å². The van der Waals surface area contributed by atoms with Crippen LogP contribution in [0.15, 0.2) is 36.4 Å². The Morgan fingerprint density at radius 1 is 1.00 bits per heavy atom. The van der Waals surface area contributed by atoms with Crippen LogP contribution in [0.25, 0.3) is 10.8 Å². The number of primary amides is 2. The zero-order valence-corrected chi connectivity index (χ0v) is 13.4. The van der Waals surface area contributed by atoms with Gasteiger partial charge in [0.05, 0.1) is 13.0 Å². The molecule has 0 unspecified atom stereocenters. The molecule has 2 rings (SSSR count). The maximum atomic E-state index is 12.3. The fourth-order valence-corrected chi connectivity index (χ4v) is 2.34. The fraction of sp³-hybridized carbons (Fsp3) is 0.235. The monoisotopic (exact) mass is 329 g/mol. The van der Waals surface area contributed by atoms with Crippen LogP contribution in [-0.4, -0.2) is 30.9 Å². The average molecular weight is 329 g/mol. The van der Waals surface area contributed by atoms with Gasteiger partial charge in [-0.15, -0.1) is 0 Å². The number of ether oxygens (including phenoxy) is 1.